The Balaban J connectivity index is 1.54. The summed E-state index contributed by atoms with van der Waals surface area (Å²) in [5, 5.41) is 14.1. The number of para-hydroxylation sites is 2. The number of nitrogens with one attached hydrogen (secondary N) is 2. The number of thiazole rings is 1. The smallest absolute Gasteiger partial charge is 0.405 e. The van der Waals surface area contributed by atoms with Crippen LogP contribution in [0, 0.1) is 11.3 Å². The van der Waals surface area contributed by atoms with Gasteiger partial charge in [-0.25, -0.2) is 0 Å². The minimum Gasteiger partial charge on any atom is -0.490 e. The van der Waals surface area contributed by atoms with E-state index in [1.165, 1.54) is 11.1 Å². The van der Waals surface area contributed by atoms with E-state index in [2.05, 4.69) is 5.32 Å². The zero-order valence-corrected chi connectivity index (χ0v) is 23.5. The number of likely N-dealkylation sites (N-methyl/N-ethyl adjacent to an activating group) is 1. The maximum atomic E-state index is 13.1. The Morgan fingerprint density at radius 2 is 1.98 bits per heavy atom. The monoisotopic (exact) mass is 600 g/mol. The van der Waals surface area contributed by atoms with Crippen molar-refractivity contribution >= 4 is 52.0 Å². The van der Waals surface area contributed by atoms with Crippen LogP contribution in [0.3, 0.4) is 0 Å². The number of carbonyl (C=O) groups is 2. The second-order valence-electron chi connectivity index (χ2n) is 9.14. The van der Waals surface area contributed by atoms with Gasteiger partial charge in [-0.05, 0) is 37.3 Å². The molecular weight excluding hydrogens is 573 g/mol. The number of nitriles is 1. The summed E-state index contributed by atoms with van der Waals surface area (Å²) >= 11 is 0.804. The van der Waals surface area contributed by atoms with Crippen LogP contribution in [0.4, 0.5) is 30.2 Å². The highest BCUT2D eigenvalue weighted by Gasteiger charge is 2.29. The standard InChI is InChI=1S/C28H27F3N6O4S/c1-3-37-26(40)23(42-27(37)20(14-32)25(39)34-17-28(29,30)31)15-33-18-7-6-8-19(13-18)35(2)24(38)16-36-11-12-41-22-10-5-4-9-21(22)36/h4-10,13,15,33H,3,11-12,16-17H2,1-2H3,(H,34,39). The number of aromatic nitrogens is 1. The Kier molecular flexibility index (Phi) is 9.21. The van der Waals surface area contributed by atoms with Gasteiger partial charge < -0.3 is 25.2 Å². The van der Waals surface area contributed by atoms with Gasteiger partial charge in [-0.3, -0.25) is 19.0 Å². The number of rotatable bonds is 8. The summed E-state index contributed by atoms with van der Waals surface area (Å²) in [6.07, 6.45) is -3.27. The molecule has 0 spiro atoms. The van der Waals surface area contributed by atoms with Gasteiger partial charge in [-0.15, -0.1) is 11.3 Å². The Bertz CT molecular complexity index is 1710. The van der Waals surface area contributed by atoms with Gasteiger partial charge in [-0.1, -0.05) is 18.2 Å². The van der Waals surface area contributed by atoms with E-state index in [0.29, 0.717) is 24.5 Å². The Morgan fingerprint density at radius 1 is 1.21 bits per heavy atom. The molecule has 1 aromatic heterocycles. The molecule has 2 aromatic carbocycles. The third kappa shape index (κ3) is 6.92. The van der Waals surface area contributed by atoms with Gasteiger partial charge in [0.15, 0.2) is 5.57 Å². The lowest BCUT2D eigenvalue weighted by Gasteiger charge is -2.32. The van der Waals surface area contributed by atoms with Crippen molar-refractivity contribution in [1.82, 2.24) is 9.88 Å². The van der Waals surface area contributed by atoms with Gasteiger partial charge in [0.25, 0.3) is 11.5 Å². The quantitative estimate of drug-likeness (QED) is 0.406. The van der Waals surface area contributed by atoms with E-state index in [1.54, 1.807) is 49.6 Å². The van der Waals surface area contributed by atoms with Crippen LogP contribution in [0.2, 0.25) is 0 Å². The van der Waals surface area contributed by atoms with Crippen molar-refractivity contribution in [2.24, 2.45) is 0 Å². The second-order valence-corrected chi connectivity index (χ2v) is 10.2. The highest BCUT2D eigenvalue weighted by atomic mass is 32.1. The minimum atomic E-state index is -4.65. The molecule has 2 heterocycles. The van der Waals surface area contributed by atoms with Gasteiger partial charge in [0.05, 0.1) is 18.8 Å². The van der Waals surface area contributed by atoms with Crippen LogP contribution in [0.25, 0.3) is 11.8 Å². The first-order valence-electron chi connectivity index (χ1n) is 12.8. The Morgan fingerprint density at radius 3 is 2.69 bits per heavy atom. The van der Waals surface area contributed by atoms with Crippen LogP contribution in [0.15, 0.2) is 53.3 Å². The molecule has 0 saturated carbocycles. The van der Waals surface area contributed by atoms with Gasteiger partial charge >= 0.3 is 6.18 Å². The third-order valence-corrected chi connectivity index (χ3v) is 7.48. The first kappa shape index (κ1) is 30.2. The molecule has 1 aliphatic rings. The van der Waals surface area contributed by atoms with Crippen LogP contribution in [-0.2, 0) is 16.1 Å². The summed E-state index contributed by atoms with van der Waals surface area (Å²) in [6, 6.07) is 16.1. The molecule has 0 bridgehead atoms. The topological polar surface area (TPSA) is 120 Å². The number of alkyl halides is 3. The van der Waals surface area contributed by atoms with E-state index < -0.39 is 29.8 Å². The molecule has 4 rings (SSSR count). The first-order valence-corrected chi connectivity index (χ1v) is 13.6. The number of anilines is 3. The molecule has 0 saturated heterocycles. The molecule has 1 aliphatic heterocycles. The lowest BCUT2D eigenvalue weighted by molar-refractivity contribution is -0.135. The SMILES string of the molecule is CCn1c(=C(C#N)C(=O)NCC(F)(F)F)sc(=CNc2cccc(N(C)C(=O)CN3CCOc4ccccc43)c2)c1=O. The number of fused-ring (bicyclic) bond motifs is 1. The number of halogens is 3. The van der Waals surface area contributed by atoms with Crippen LogP contribution in [-0.4, -0.2) is 55.8 Å². The van der Waals surface area contributed by atoms with Crippen LogP contribution in [0.5, 0.6) is 5.75 Å². The van der Waals surface area contributed by atoms with E-state index in [-0.39, 0.29) is 28.2 Å². The number of hydrogen-bond donors (Lipinski definition) is 2. The van der Waals surface area contributed by atoms with Crippen LogP contribution in [0.1, 0.15) is 6.92 Å². The third-order valence-electron chi connectivity index (χ3n) is 6.35. The number of ether oxygens (including phenoxy) is 1. The van der Waals surface area contributed by atoms with Crippen molar-refractivity contribution < 1.29 is 27.5 Å². The summed E-state index contributed by atoms with van der Waals surface area (Å²) in [7, 11) is 1.66. The number of nitrogens with zero attached hydrogens (tertiary/aromatic N) is 4. The van der Waals surface area contributed by atoms with Gasteiger partial charge in [0.2, 0.25) is 5.91 Å². The van der Waals surface area contributed by atoms with Crippen molar-refractivity contribution in [3.8, 4) is 11.8 Å². The maximum absolute atomic E-state index is 13.1. The highest BCUT2D eigenvalue weighted by Crippen LogP contribution is 2.31. The van der Waals surface area contributed by atoms with E-state index in [9.17, 15) is 32.8 Å². The minimum absolute atomic E-state index is 0.0542. The van der Waals surface area contributed by atoms with Crippen molar-refractivity contribution in [1.29, 1.82) is 5.26 Å². The van der Waals surface area contributed by atoms with Gasteiger partial charge in [0, 0.05) is 31.2 Å². The average Bonchev–Trinajstić information content (AvgIpc) is 3.29. The molecule has 220 valence electrons. The average molecular weight is 601 g/mol. The molecule has 42 heavy (non-hydrogen) atoms. The summed E-state index contributed by atoms with van der Waals surface area (Å²) in [5.74, 6) is -0.648. The lowest BCUT2D eigenvalue weighted by Crippen LogP contribution is -2.42. The molecular formula is C28H27F3N6O4S. The second kappa shape index (κ2) is 12.8. The predicted molar refractivity (Wildman–Crippen MR) is 154 cm³/mol. The Hall–Kier alpha value is -4.77. The Labute approximate surface area is 242 Å². The molecule has 0 radical (unpaired) electrons. The van der Waals surface area contributed by atoms with Crippen molar-refractivity contribution in [3.05, 3.63) is 68.1 Å². The zero-order chi connectivity index (χ0) is 30.4. The molecule has 0 atom stereocenters. The number of benzene rings is 2. The van der Waals surface area contributed by atoms with Gasteiger partial charge in [0.1, 0.15) is 34.2 Å². The van der Waals surface area contributed by atoms with Crippen molar-refractivity contribution in [2.45, 2.75) is 19.6 Å². The highest BCUT2D eigenvalue weighted by molar-refractivity contribution is 7.07. The number of carbonyl (C=O) groups excluding carboxylic acids is 2. The fourth-order valence-electron chi connectivity index (χ4n) is 4.21. The van der Waals surface area contributed by atoms with E-state index >= 15 is 0 Å². The molecule has 10 nitrogen and oxygen atoms in total. The number of hydrogen-bond acceptors (Lipinski definition) is 8. The summed E-state index contributed by atoms with van der Waals surface area (Å²) in [4.78, 5) is 41.8. The predicted octanol–water partition coefficient (Wildman–Crippen LogP) is 1.99. The van der Waals surface area contributed by atoms with E-state index in [4.69, 9.17) is 4.74 Å². The molecule has 14 heteroatoms. The molecule has 3 aromatic rings. The fourth-order valence-corrected chi connectivity index (χ4v) is 5.30. The molecule has 2 N–H and O–H groups in total. The number of amides is 2. The van der Waals surface area contributed by atoms with E-state index in [1.807, 2.05) is 29.2 Å². The van der Waals surface area contributed by atoms with Crippen LogP contribution < -0.4 is 39.9 Å². The zero-order valence-electron chi connectivity index (χ0n) is 22.7. The van der Waals surface area contributed by atoms with Gasteiger partial charge in [-0.2, -0.15) is 18.4 Å². The fraction of sp³-hybridized carbons (Fsp3) is 0.286. The summed E-state index contributed by atoms with van der Waals surface area (Å²) in [5.41, 5.74) is 0.884. The van der Waals surface area contributed by atoms with Crippen molar-refractivity contribution in [2.75, 3.05) is 48.4 Å². The summed E-state index contributed by atoms with van der Waals surface area (Å²) in [6.45, 7) is 1.28. The van der Waals surface area contributed by atoms with Crippen LogP contribution >= 0.6 is 11.3 Å². The molecule has 0 fully saturated rings. The molecule has 2 amide bonds. The van der Waals surface area contributed by atoms with E-state index in [0.717, 1.165) is 27.3 Å². The molecule has 0 unspecified atom stereocenters. The largest absolute Gasteiger partial charge is 0.490 e. The lowest BCUT2D eigenvalue weighted by atomic mass is 10.2. The first-order chi connectivity index (χ1) is 20.0. The molecule has 0 aliphatic carbocycles. The normalized spacial score (nSPS) is 13.9. The summed E-state index contributed by atoms with van der Waals surface area (Å²) < 4.78 is 44.5. The maximum Gasteiger partial charge on any atom is 0.405 e. The van der Waals surface area contributed by atoms with Crippen molar-refractivity contribution in [3.63, 3.8) is 0 Å².